The maximum absolute atomic E-state index is 3.76. The molecule has 1 aliphatic heterocycles. The normalized spacial score (nSPS) is 25.0. The van der Waals surface area contributed by atoms with E-state index in [0.29, 0.717) is 6.04 Å². The average Bonchev–Trinajstić information content (AvgIpc) is 3.01. The van der Waals surface area contributed by atoms with Crippen molar-refractivity contribution in [2.75, 3.05) is 5.75 Å². The van der Waals surface area contributed by atoms with Crippen LogP contribution in [0.15, 0.2) is 23.1 Å². The van der Waals surface area contributed by atoms with Gasteiger partial charge in [0.1, 0.15) is 0 Å². The van der Waals surface area contributed by atoms with Gasteiger partial charge in [-0.05, 0) is 49.1 Å². The maximum Gasteiger partial charge on any atom is 0.0341 e. The summed E-state index contributed by atoms with van der Waals surface area (Å²) < 4.78 is 0. The molecule has 1 N–H and O–H groups in total. The van der Waals surface area contributed by atoms with E-state index in [4.69, 9.17) is 0 Å². The van der Waals surface area contributed by atoms with Crippen LogP contribution in [-0.2, 0) is 0 Å². The number of aryl methyl sites for hydroxylation is 1. The van der Waals surface area contributed by atoms with Crippen LogP contribution in [-0.4, -0.2) is 11.8 Å². The Labute approximate surface area is 95.6 Å². The van der Waals surface area contributed by atoms with Crippen LogP contribution in [0.1, 0.15) is 36.4 Å². The summed E-state index contributed by atoms with van der Waals surface area (Å²) in [7, 11) is 0. The maximum atomic E-state index is 3.76. The molecular formula is C13H17NS. The van der Waals surface area contributed by atoms with Crippen LogP contribution in [0.4, 0.5) is 0 Å². The summed E-state index contributed by atoms with van der Waals surface area (Å²) in [4.78, 5) is 1.50. The predicted molar refractivity (Wildman–Crippen MR) is 65.4 cm³/mol. The lowest BCUT2D eigenvalue weighted by Crippen LogP contribution is -2.26. The highest BCUT2D eigenvalue weighted by molar-refractivity contribution is 7.99. The molecule has 0 radical (unpaired) electrons. The SMILES string of the molecule is Cc1ccc2c(c1)SCCC2NC1CC1. The number of rotatable bonds is 2. The van der Waals surface area contributed by atoms with Crippen molar-refractivity contribution in [2.45, 2.75) is 43.2 Å². The molecular weight excluding hydrogens is 202 g/mol. The van der Waals surface area contributed by atoms with Gasteiger partial charge in [0.25, 0.3) is 0 Å². The molecule has 2 aliphatic rings. The first-order chi connectivity index (χ1) is 7.33. The molecule has 1 nitrogen and oxygen atoms in total. The third-order valence-corrected chi connectivity index (χ3v) is 4.33. The van der Waals surface area contributed by atoms with Crippen molar-refractivity contribution in [1.29, 1.82) is 0 Å². The summed E-state index contributed by atoms with van der Waals surface area (Å²) >= 11 is 2.01. The van der Waals surface area contributed by atoms with Crippen molar-refractivity contribution >= 4 is 11.8 Å². The zero-order chi connectivity index (χ0) is 10.3. The van der Waals surface area contributed by atoms with Crippen LogP contribution in [0.25, 0.3) is 0 Å². The highest BCUT2D eigenvalue weighted by Gasteiger charge is 2.28. The largest absolute Gasteiger partial charge is 0.307 e. The van der Waals surface area contributed by atoms with Gasteiger partial charge in [-0.3, -0.25) is 0 Å². The first-order valence-electron chi connectivity index (χ1n) is 5.82. The van der Waals surface area contributed by atoms with E-state index in [2.05, 4.69) is 30.4 Å². The number of hydrogen-bond donors (Lipinski definition) is 1. The molecule has 0 aromatic heterocycles. The molecule has 15 heavy (non-hydrogen) atoms. The fraction of sp³-hybridized carbons (Fsp3) is 0.538. The van der Waals surface area contributed by atoms with Gasteiger partial charge in [-0.2, -0.15) is 0 Å². The number of thioether (sulfide) groups is 1. The molecule has 3 rings (SSSR count). The van der Waals surface area contributed by atoms with Gasteiger partial charge in [-0.25, -0.2) is 0 Å². The van der Waals surface area contributed by atoms with E-state index >= 15 is 0 Å². The van der Waals surface area contributed by atoms with E-state index < -0.39 is 0 Å². The van der Waals surface area contributed by atoms with Crippen LogP contribution in [0.2, 0.25) is 0 Å². The zero-order valence-electron chi connectivity index (χ0n) is 9.12. The van der Waals surface area contributed by atoms with Gasteiger partial charge in [0.2, 0.25) is 0 Å². The summed E-state index contributed by atoms with van der Waals surface area (Å²) in [5.41, 5.74) is 2.91. The summed E-state index contributed by atoms with van der Waals surface area (Å²) in [6.07, 6.45) is 4.05. The molecule has 0 spiro atoms. The van der Waals surface area contributed by atoms with Gasteiger partial charge in [0, 0.05) is 17.0 Å². The van der Waals surface area contributed by atoms with Crippen LogP contribution in [0.3, 0.4) is 0 Å². The molecule has 2 heteroatoms. The van der Waals surface area contributed by atoms with Crippen molar-refractivity contribution in [3.63, 3.8) is 0 Å². The second kappa shape index (κ2) is 3.84. The lowest BCUT2D eigenvalue weighted by molar-refractivity contribution is 0.507. The predicted octanol–water partition coefficient (Wildman–Crippen LogP) is 3.28. The van der Waals surface area contributed by atoms with Crippen molar-refractivity contribution in [3.05, 3.63) is 29.3 Å². The quantitative estimate of drug-likeness (QED) is 0.819. The molecule has 0 saturated heterocycles. The Bertz CT molecular complexity index is 371. The molecule has 1 fully saturated rings. The monoisotopic (exact) mass is 219 g/mol. The molecule has 0 bridgehead atoms. The van der Waals surface area contributed by atoms with Crippen molar-refractivity contribution < 1.29 is 0 Å². The Kier molecular flexibility index (Phi) is 2.49. The Hall–Kier alpha value is -0.470. The van der Waals surface area contributed by atoms with Crippen LogP contribution < -0.4 is 5.32 Å². The van der Waals surface area contributed by atoms with Gasteiger partial charge >= 0.3 is 0 Å². The fourth-order valence-corrected chi connectivity index (χ4v) is 3.42. The third kappa shape index (κ3) is 2.06. The molecule has 80 valence electrons. The smallest absolute Gasteiger partial charge is 0.0341 e. The van der Waals surface area contributed by atoms with Gasteiger partial charge < -0.3 is 5.32 Å². The van der Waals surface area contributed by atoms with Crippen molar-refractivity contribution in [2.24, 2.45) is 0 Å². The summed E-state index contributed by atoms with van der Waals surface area (Å²) in [5.74, 6) is 1.26. The van der Waals surface area contributed by atoms with Gasteiger partial charge in [0.15, 0.2) is 0 Å². The lowest BCUT2D eigenvalue weighted by Gasteiger charge is -2.26. The minimum absolute atomic E-state index is 0.620. The Morgan fingerprint density at radius 1 is 1.27 bits per heavy atom. The highest BCUT2D eigenvalue weighted by atomic mass is 32.2. The molecule has 1 heterocycles. The zero-order valence-corrected chi connectivity index (χ0v) is 9.94. The Balaban J connectivity index is 1.87. The molecule has 1 aromatic rings. The molecule has 1 unspecified atom stereocenters. The van der Waals surface area contributed by atoms with Gasteiger partial charge in [-0.15, -0.1) is 11.8 Å². The number of hydrogen-bond acceptors (Lipinski definition) is 2. The number of nitrogens with one attached hydrogen (secondary N) is 1. The molecule has 1 aromatic carbocycles. The van der Waals surface area contributed by atoms with Gasteiger partial charge in [0.05, 0.1) is 0 Å². The lowest BCUT2D eigenvalue weighted by atomic mass is 10.0. The second-order valence-corrected chi connectivity index (χ2v) is 5.81. The van der Waals surface area contributed by atoms with E-state index in [1.165, 1.54) is 41.0 Å². The second-order valence-electron chi connectivity index (χ2n) is 4.67. The van der Waals surface area contributed by atoms with Crippen LogP contribution in [0, 0.1) is 6.92 Å². The van der Waals surface area contributed by atoms with Crippen molar-refractivity contribution in [3.8, 4) is 0 Å². The summed E-state index contributed by atoms with van der Waals surface area (Å²) in [5, 5.41) is 3.76. The van der Waals surface area contributed by atoms with E-state index in [9.17, 15) is 0 Å². The fourth-order valence-electron chi connectivity index (χ4n) is 2.20. The standard InChI is InChI=1S/C13H17NS/c1-9-2-5-11-12(14-10-3-4-10)6-7-15-13(11)8-9/h2,5,8,10,12,14H,3-4,6-7H2,1H3. The van der Waals surface area contributed by atoms with Crippen molar-refractivity contribution in [1.82, 2.24) is 5.32 Å². The Morgan fingerprint density at radius 2 is 2.13 bits per heavy atom. The Morgan fingerprint density at radius 3 is 2.93 bits per heavy atom. The van der Waals surface area contributed by atoms with E-state index in [0.717, 1.165) is 6.04 Å². The van der Waals surface area contributed by atoms with Gasteiger partial charge in [-0.1, -0.05) is 12.1 Å². The highest BCUT2D eigenvalue weighted by Crippen LogP contribution is 2.38. The minimum Gasteiger partial charge on any atom is -0.307 e. The number of fused-ring (bicyclic) bond motifs is 1. The molecule has 1 saturated carbocycles. The summed E-state index contributed by atoms with van der Waals surface area (Å²) in [6, 6.07) is 8.32. The van der Waals surface area contributed by atoms with E-state index in [-0.39, 0.29) is 0 Å². The van der Waals surface area contributed by atoms with E-state index in [1.54, 1.807) is 0 Å². The molecule has 1 atom stereocenters. The van der Waals surface area contributed by atoms with E-state index in [1.807, 2.05) is 11.8 Å². The summed E-state index contributed by atoms with van der Waals surface area (Å²) in [6.45, 7) is 2.18. The first-order valence-corrected chi connectivity index (χ1v) is 6.81. The van der Waals surface area contributed by atoms with Crippen LogP contribution in [0.5, 0.6) is 0 Å². The molecule has 1 aliphatic carbocycles. The van der Waals surface area contributed by atoms with Crippen LogP contribution >= 0.6 is 11.8 Å². The molecule has 0 amide bonds. The average molecular weight is 219 g/mol. The number of benzene rings is 1. The minimum atomic E-state index is 0.620. The first kappa shape index (κ1) is 9.73. The third-order valence-electron chi connectivity index (χ3n) is 3.22. The topological polar surface area (TPSA) is 12.0 Å².